The molecule has 0 radical (unpaired) electrons. The minimum atomic E-state index is -4.55. The number of carbonyl (C=O) groups excluding carboxylic acids is 1. The molecule has 4 aromatic heterocycles. The molecule has 0 unspecified atom stereocenters. The molecule has 194 valence electrons. The van der Waals surface area contributed by atoms with E-state index < -0.39 is 17.9 Å². The number of hydrogen-bond donors (Lipinski definition) is 2. The predicted molar refractivity (Wildman–Crippen MR) is 137 cm³/mol. The Morgan fingerprint density at radius 2 is 1.74 bits per heavy atom. The summed E-state index contributed by atoms with van der Waals surface area (Å²) in [4.78, 5) is 20.6. The van der Waals surface area contributed by atoms with Gasteiger partial charge in [0.05, 0.1) is 35.5 Å². The number of nitrogens with one attached hydrogen (secondary N) is 2. The molecule has 4 heterocycles. The van der Waals surface area contributed by atoms with Gasteiger partial charge >= 0.3 is 12.2 Å². The van der Waals surface area contributed by atoms with E-state index in [1.165, 1.54) is 10.7 Å². The van der Waals surface area contributed by atoms with Gasteiger partial charge in [-0.15, -0.1) is 0 Å². The van der Waals surface area contributed by atoms with Gasteiger partial charge in [0, 0.05) is 35.9 Å². The van der Waals surface area contributed by atoms with Crippen molar-refractivity contribution < 1.29 is 18.0 Å². The van der Waals surface area contributed by atoms with Gasteiger partial charge in [-0.1, -0.05) is 26.0 Å². The van der Waals surface area contributed by atoms with E-state index in [4.69, 9.17) is 0 Å². The van der Waals surface area contributed by atoms with Crippen molar-refractivity contribution >= 4 is 28.4 Å². The van der Waals surface area contributed by atoms with Gasteiger partial charge in [0.25, 0.3) is 0 Å². The number of rotatable bonds is 5. The zero-order chi connectivity index (χ0) is 27.0. The standard InChI is InChI=1S/C26H23F3N8O/c1-15(2)21-10-24(37(35-21)18-8-9-23(31-11-18)26(27,28)29)34-25(38)33-17-6-4-16(5-7-17)19-12-30-14-22-20(19)13-32-36(22)3/h4-15H,1-3H3,(H2,33,34,38). The van der Waals surface area contributed by atoms with Gasteiger partial charge in [0.15, 0.2) is 0 Å². The Morgan fingerprint density at radius 1 is 0.974 bits per heavy atom. The van der Waals surface area contributed by atoms with Crippen molar-refractivity contribution in [3.05, 3.63) is 78.6 Å². The predicted octanol–water partition coefficient (Wildman–Crippen LogP) is 6.00. The van der Waals surface area contributed by atoms with Crippen LogP contribution in [0.1, 0.15) is 31.2 Å². The minimum Gasteiger partial charge on any atom is -0.308 e. The number of nitrogens with zero attached hydrogens (tertiary/aromatic N) is 6. The topological polar surface area (TPSA) is 103 Å². The fraction of sp³-hybridized carbons (Fsp3) is 0.192. The minimum absolute atomic E-state index is 0.0218. The normalized spacial score (nSPS) is 11.8. The second-order valence-corrected chi connectivity index (χ2v) is 8.96. The summed E-state index contributed by atoms with van der Waals surface area (Å²) >= 11 is 0. The molecule has 1 aromatic carbocycles. The van der Waals surface area contributed by atoms with Gasteiger partial charge in [-0.25, -0.2) is 14.5 Å². The molecule has 0 atom stereocenters. The molecule has 9 nitrogen and oxygen atoms in total. The number of aromatic nitrogens is 6. The summed E-state index contributed by atoms with van der Waals surface area (Å²) in [6.07, 6.45) is 1.82. The van der Waals surface area contributed by atoms with Gasteiger partial charge in [-0.3, -0.25) is 15.0 Å². The van der Waals surface area contributed by atoms with Crippen LogP contribution in [0.4, 0.5) is 29.5 Å². The Hall–Kier alpha value is -4.74. The van der Waals surface area contributed by atoms with Gasteiger partial charge in [-0.2, -0.15) is 23.4 Å². The van der Waals surface area contributed by atoms with Crippen LogP contribution < -0.4 is 10.6 Å². The van der Waals surface area contributed by atoms with E-state index in [1.807, 2.05) is 33.0 Å². The zero-order valence-corrected chi connectivity index (χ0v) is 20.7. The fourth-order valence-electron chi connectivity index (χ4n) is 3.95. The number of fused-ring (bicyclic) bond motifs is 1. The highest BCUT2D eigenvalue weighted by atomic mass is 19.4. The molecule has 5 rings (SSSR count). The summed E-state index contributed by atoms with van der Waals surface area (Å²) in [6.45, 7) is 3.84. The Balaban J connectivity index is 1.34. The maximum Gasteiger partial charge on any atom is 0.433 e. The van der Waals surface area contributed by atoms with Crippen LogP contribution in [-0.2, 0) is 13.2 Å². The maximum absolute atomic E-state index is 12.9. The third-order valence-corrected chi connectivity index (χ3v) is 5.97. The van der Waals surface area contributed by atoms with Crippen molar-refractivity contribution in [2.24, 2.45) is 7.05 Å². The number of benzene rings is 1. The Morgan fingerprint density at radius 3 is 2.39 bits per heavy atom. The number of halogens is 3. The van der Waals surface area contributed by atoms with E-state index in [-0.39, 0.29) is 11.6 Å². The van der Waals surface area contributed by atoms with Crippen LogP contribution >= 0.6 is 0 Å². The molecule has 2 N–H and O–H groups in total. The average Bonchev–Trinajstić information content (AvgIpc) is 3.48. The maximum atomic E-state index is 12.9. The van der Waals surface area contributed by atoms with Crippen LogP contribution in [0.15, 0.2) is 67.3 Å². The first-order valence-corrected chi connectivity index (χ1v) is 11.7. The third-order valence-electron chi connectivity index (χ3n) is 5.97. The molecule has 0 saturated carbocycles. The first-order valence-electron chi connectivity index (χ1n) is 11.7. The molecule has 0 bridgehead atoms. The highest BCUT2D eigenvalue weighted by Crippen LogP contribution is 2.30. The van der Waals surface area contributed by atoms with E-state index in [9.17, 15) is 18.0 Å². The molecule has 2 amide bonds. The smallest absolute Gasteiger partial charge is 0.308 e. The van der Waals surface area contributed by atoms with Crippen molar-refractivity contribution in [1.82, 2.24) is 29.5 Å². The van der Waals surface area contributed by atoms with E-state index in [2.05, 4.69) is 30.8 Å². The zero-order valence-electron chi connectivity index (χ0n) is 20.7. The Kier molecular flexibility index (Phi) is 6.31. The molecule has 0 aliphatic heterocycles. The summed E-state index contributed by atoms with van der Waals surface area (Å²) < 4.78 is 41.9. The third kappa shape index (κ3) is 4.92. The van der Waals surface area contributed by atoms with Crippen molar-refractivity contribution in [1.29, 1.82) is 0 Å². The monoisotopic (exact) mass is 520 g/mol. The fourth-order valence-corrected chi connectivity index (χ4v) is 3.95. The van der Waals surface area contributed by atoms with E-state index in [0.29, 0.717) is 17.2 Å². The van der Waals surface area contributed by atoms with Crippen LogP contribution in [0.25, 0.3) is 27.7 Å². The van der Waals surface area contributed by atoms with Crippen molar-refractivity contribution in [3.63, 3.8) is 0 Å². The quantitative estimate of drug-likeness (QED) is 0.296. The lowest BCUT2D eigenvalue weighted by Crippen LogP contribution is -2.21. The first-order chi connectivity index (χ1) is 18.1. The van der Waals surface area contributed by atoms with Crippen LogP contribution in [0, 0.1) is 0 Å². The summed E-state index contributed by atoms with van der Waals surface area (Å²) in [6, 6.07) is 10.5. The largest absolute Gasteiger partial charge is 0.433 e. The number of urea groups is 1. The highest BCUT2D eigenvalue weighted by molar-refractivity contribution is 6.00. The highest BCUT2D eigenvalue weighted by Gasteiger charge is 2.32. The Bertz CT molecular complexity index is 1600. The molecule has 0 aliphatic carbocycles. The second-order valence-electron chi connectivity index (χ2n) is 8.96. The molecular weight excluding hydrogens is 497 g/mol. The molecule has 0 spiro atoms. The van der Waals surface area contributed by atoms with Crippen LogP contribution in [0.3, 0.4) is 0 Å². The lowest BCUT2D eigenvalue weighted by atomic mass is 10.0. The molecule has 0 saturated heterocycles. The lowest BCUT2D eigenvalue weighted by molar-refractivity contribution is -0.141. The Labute approximate surface area is 215 Å². The van der Waals surface area contributed by atoms with Gasteiger partial charge in [0.1, 0.15) is 11.5 Å². The average molecular weight is 521 g/mol. The lowest BCUT2D eigenvalue weighted by Gasteiger charge is -2.11. The molecule has 0 aliphatic rings. The van der Waals surface area contributed by atoms with Crippen LogP contribution in [0.5, 0.6) is 0 Å². The van der Waals surface area contributed by atoms with E-state index in [0.717, 1.165) is 34.3 Å². The van der Waals surface area contributed by atoms with Crippen molar-refractivity contribution in [2.75, 3.05) is 10.6 Å². The number of hydrogen-bond acceptors (Lipinski definition) is 5. The number of carbonyl (C=O) groups is 1. The van der Waals surface area contributed by atoms with Gasteiger partial charge in [-0.05, 0) is 35.7 Å². The van der Waals surface area contributed by atoms with Crippen LogP contribution in [-0.4, -0.2) is 35.6 Å². The van der Waals surface area contributed by atoms with Crippen LogP contribution in [0.2, 0.25) is 0 Å². The second kappa shape index (κ2) is 9.61. The van der Waals surface area contributed by atoms with Crippen molar-refractivity contribution in [3.8, 4) is 16.8 Å². The van der Waals surface area contributed by atoms with Gasteiger partial charge in [0.2, 0.25) is 0 Å². The summed E-state index contributed by atoms with van der Waals surface area (Å²) in [5.74, 6) is 0.312. The number of pyridine rings is 2. The SMILES string of the molecule is CC(C)c1cc(NC(=O)Nc2ccc(-c3cncc4c3cnn4C)cc2)n(-c2ccc(C(F)(F)F)nc2)n1. The van der Waals surface area contributed by atoms with E-state index >= 15 is 0 Å². The molecule has 38 heavy (non-hydrogen) atoms. The number of aryl methyl sites for hydroxylation is 1. The summed E-state index contributed by atoms with van der Waals surface area (Å²) in [5.41, 5.74) is 3.21. The number of amides is 2. The molecular formula is C26H23F3N8O. The summed E-state index contributed by atoms with van der Waals surface area (Å²) in [7, 11) is 1.85. The van der Waals surface area contributed by atoms with Crippen molar-refractivity contribution in [2.45, 2.75) is 25.9 Å². The molecule has 5 aromatic rings. The number of alkyl halides is 3. The summed E-state index contributed by atoms with van der Waals surface area (Å²) in [5, 5.41) is 15.2. The van der Waals surface area contributed by atoms with E-state index in [1.54, 1.807) is 41.5 Å². The number of anilines is 2. The molecule has 12 heteroatoms. The van der Waals surface area contributed by atoms with Gasteiger partial charge < -0.3 is 5.32 Å². The first kappa shape index (κ1) is 24.9. The molecule has 0 fully saturated rings.